The van der Waals surface area contributed by atoms with E-state index in [9.17, 15) is 4.79 Å². The lowest BCUT2D eigenvalue weighted by molar-refractivity contribution is -0.134. The second-order valence-corrected chi connectivity index (χ2v) is 4.98. The molecule has 1 aromatic carbocycles. The number of rotatable bonds is 3. The van der Waals surface area contributed by atoms with Crippen LogP contribution in [0.5, 0.6) is 0 Å². The molecule has 23 heavy (non-hydrogen) atoms. The number of nitrogens with one attached hydrogen (secondary N) is 2. The van der Waals surface area contributed by atoms with E-state index in [4.69, 9.17) is 0 Å². The number of carbonyl (C=O) groups excluding carboxylic acids is 1. The smallest absolute Gasteiger partial charge is 0.338 e. The first-order valence-corrected chi connectivity index (χ1v) is 7.20. The Morgan fingerprint density at radius 2 is 1.87 bits per heavy atom. The third kappa shape index (κ3) is 3.70. The average Bonchev–Trinajstić information content (AvgIpc) is 3.23. The Morgan fingerprint density at radius 1 is 1.04 bits per heavy atom. The number of methoxy groups -OCH3 is 1. The Morgan fingerprint density at radius 3 is 2.65 bits per heavy atom. The lowest BCUT2D eigenvalue weighted by atomic mass is 10.2. The van der Waals surface area contributed by atoms with Crippen LogP contribution in [0.3, 0.4) is 0 Å². The van der Waals surface area contributed by atoms with Crippen LogP contribution in [0.25, 0.3) is 23.1 Å². The van der Waals surface area contributed by atoms with Gasteiger partial charge in [0.25, 0.3) is 0 Å². The van der Waals surface area contributed by atoms with Gasteiger partial charge in [-0.1, -0.05) is 36.1 Å². The summed E-state index contributed by atoms with van der Waals surface area (Å²) in [5.41, 5.74) is 6.06. The molecular weight excluding hydrogens is 288 g/mol. The van der Waals surface area contributed by atoms with E-state index in [0.29, 0.717) is 0 Å². The predicted molar refractivity (Wildman–Crippen MR) is 89.8 cm³/mol. The molecule has 3 rings (SSSR count). The van der Waals surface area contributed by atoms with Gasteiger partial charge >= 0.3 is 5.97 Å². The number of aromatic amines is 2. The molecule has 4 heteroatoms. The zero-order chi connectivity index (χ0) is 16.1. The van der Waals surface area contributed by atoms with Crippen LogP contribution in [0.1, 0.15) is 5.69 Å². The van der Waals surface area contributed by atoms with Crippen molar-refractivity contribution in [3.05, 3.63) is 77.1 Å². The number of benzene rings is 1. The van der Waals surface area contributed by atoms with Crippen molar-refractivity contribution in [2.24, 2.45) is 0 Å². The minimum atomic E-state index is -0.429. The third-order valence-corrected chi connectivity index (χ3v) is 3.36. The van der Waals surface area contributed by atoms with E-state index in [-0.39, 0.29) is 0 Å². The SMILES string of the molecule is COC(=O)C=C=c1ccc(=Cc2ccc(-c3ccccc3)[nH]2)[nH]1. The summed E-state index contributed by atoms with van der Waals surface area (Å²) in [6.07, 6.45) is 3.26. The molecule has 0 aliphatic carbocycles. The average molecular weight is 304 g/mol. The van der Waals surface area contributed by atoms with Crippen molar-refractivity contribution >= 4 is 17.8 Å². The molecular formula is C19H16N2O2. The zero-order valence-corrected chi connectivity index (χ0v) is 12.7. The number of hydrogen-bond acceptors (Lipinski definition) is 2. The van der Waals surface area contributed by atoms with Gasteiger partial charge < -0.3 is 14.7 Å². The van der Waals surface area contributed by atoms with Gasteiger partial charge in [0, 0.05) is 16.7 Å². The molecule has 0 atom stereocenters. The summed E-state index contributed by atoms with van der Waals surface area (Å²) >= 11 is 0. The number of aromatic nitrogens is 2. The Labute approximate surface area is 133 Å². The highest BCUT2D eigenvalue weighted by Gasteiger charge is 1.99. The zero-order valence-electron chi connectivity index (χ0n) is 12.7. The third-order valence-electron chi connectivity index (χ3n) is 3.36. The molecule has 0 aliphatic heterocycles. The number of H-pyrrole nitrogens is 2. The van der Waals surface area contributed by atoms with E-state index < -0.39 is 5.97 Å². The molecule has 0 saturated carbocycles. The van der Waals surface area contributed by atoms with Crippen molar-refractivity contribution in [1.29, 1.82) is 0 Å². The first-order chi connectivity index (χ1) is 11.2. The van der Waals surface area contributed by atoms with Gasteiger partial charge in [-0.15, -0.1) is 0 Å². The highest BCUT2D eigenvalue weighted by atomic mass is 16.5. The Bertz CT molecular complexity index is 958. The van der Waals surface area contributed by atoms with Crippen LogP contribution in [-0.2, 0) is 9.53 Å². The summed E-state index contributed by atoms with van der Waals surface area (Å²) in [6.45, 7) is 0. The number of carbonyl (C=O) groups is 1. The Balaban J connectivity index is 1.89. The van der Waals surface area contributed by atoms with Gasteiger partial charge in [-0.05, 0) is 35.9 Å². The first-order valence-electron chi connectivity index (χ1n) is 7.20. The molecule has 2 N–H and O–H groups in total. The highest BCUT2D eigenvalue weighted by Crippen LogP contribution is 2.17. The van der Waals surface area contributed by atoms with Gasteiger partial charge in [-0.25, -0.2) is 4.79 Å². The summed E-state index contributed by atoms with van der Waals surface area (Å²) in [5, 5.41) is 1.64. The second kappa shape index (κ2) is 6.69. The van der Waals surface area contributed by atoms with Crippen molar-refractivity contribution in [1.82, 2.24) is 9.97 Å². The summed E-state index contributed by atoms with van der Waals surface area (Å²) in [5.74, 6) is -0.429. The largest absolute Gasteiger partial charge is 0.465 e. The van der Waals surface area contributed by atoms with E-state index in [1.54, 1.807) is 0 Å². The fraction of sp³-hybridized carbons (Fsp3) is 0.0526. The molecule has 0 bridgehead atoms. The molecule has 0 aliphatic rings. The van der Waals surface area contributed by atoms with E-state index >= 15 is 0 Å². The van der Waals surface area contributed by atoms with Crippen LogP contribution in [0.15, 0.2) is 60.7 Å². The molecule has 0 unspecified atom stereocenters. The van der Waals surface area contributed by atoms with E-state index in [0.717, 1.165) is 27.6 Å². The standard InChI is InChI=1S/C19H16N2O2/c1-23-19(22)12-10-15-7-8-16(20-15)13-17-9-11-18(21-17)14-5-3-2-4-6-14/h2-9,11-13,20-21H,1H3. The summed E-state index contributed by atoms with van der Waals surface area (Å²) in [4.78, 5) is 17.6. The molecule has 2 aromatic heterocycles. The van der Waals surface area contributed by atoms with Crippen molar-refractivity contribution in [3.8, 4) is 11.3 Å². The van der Waals surface area contributed by atoms with Crippen molar-refractivity contribution < 1.29 is 9.53 Å². The lowest BCUT2D eigenvalue weighted by Crippen LogP contribution is -2.08. The van der Waals surface area contributed by atoms with Gasteiger partial charge in [0.15, 0.2) is 0 Å². The molecule has 0 amide bonds. The van der Waals surface area contributed by atoms with Gasteiger partial charge in [0.2, 0.25) is 0 Å². The number of esters is 1. The van der Waals surface area contributed by atoms with Crippen LogP contribution in [0.4, 0.5) is 0 Å². The number of hydrogen-bond donors (Lipinski definition) is 2. The molecule has 114 valence electrons. The van der Waals surface area contributed by atoms with Gasteiger partial charge in [-0.2, -0.15) is 0 Å². The molecule has 4 nitrogen and oxygen atoms in total. The quantitative estimate of drug-likeness (QED) is 0.574. The second-order valence-electron chi connectivity index (χ2n) is 4.98. The molecule has 0 saturated heterocycles. The highest BCUT2D eigenvalue weighted by molar-refractivity contribution is 5.84. The Kier molecular flexibility index (Phi) is 4.27. The van der Waals surface area contributed by atoms with Crippen LogP contribution in [-0.4, -0.2) is 23.0 Å². The van der Waals surface area contributed by atoms with E-state index in [1.165, 1.54) is 13.2 Å². The van der Waals surface area contributed by atoms with Crippen LogP contribution >= 0.6 is 0 Å². The van der Waals surface area contributed by atoms with Crippen molar-refractivity contribution in [2.75, 3.05) is 7.11 Å². The number of ether oxygens (including phenoxy) is 1. The van der Waals surface area contributed by atoms with E-state index in [2.05, 4.69) is 32.6 Å². The summed E-state index contributed by atoms with van der Waals surface area (Å²) in [7, 11) is 1.34. The predicted octanol–water partition coefficient (Wildman–Crippen LogP) is 1.95. The maximum atomic E-state index is 11.1. The fourth-order valence-electron chi connectivity index (χ4n) is 2.23. The molecule has 2 heterocycles. The van der Waals surface area contributed by atoms with Crippen LogP contribution in [0.2, 0.25) is 0 Å². The molecule has 0 fully saturated rings. The first kappa shape index (κ1) is 14.7. The topological polar surface area (TPSA) is 57.9 Å². The van der Waals surface area contributed by atoms with Crippen molar-refractivity contribution in [2.45, 2.75) is 0 Å². The minimum Gasteiger partial charge on any atom is -0.465 e. The van der Waals surface area contributed by atoms with Crippen LogP contribution in [0, 0.1) is 0 Å². The van der Waals surface area contributed by atoms with Crippen molar-refractivity contribution in [3.63, 3.8) is 0 Å². The van der Waals surface area contributed by atoms with Gasteiger partial charge in [0.1, 0.15) is 0 Å². The van der Waals surface area contributed by atoms with Gasteiger partial charge in [0.05, 0.1) is 18.5 Å². The fourth-order valence-corrected chi connectivity index (χ4v) is 2.23. The maximum Gasteiger partial charge on any atom is 0.338 e. The Hall–Kier alpha value is -3.23. The van der Waals surface area contributed by atoms with Crippen LogP contribution < -0.4 is 10.7 Å². The lowest BCUT2D eigenvalue weighted by Gasteiger charge is -1.95. The summed E-state index contributed by atoms with van der Waals surface area (Å²) in [6, 6.07) is 18.0. The van der Waals surface area contributed by atoms with E-state index in [1.807, 2.05) is 48.5 Å². The van der Waals surface area contributed by atoms with Gasteiger partial charge in [-0.3, -0.25) is 0 Å². The monoisotopic (exact) mass is 304 g/mol. The normalized spacial score (nSPS) is 11.1. The summed E-state index contributed by atoms with van der Waals surface area (Å²) < 4.78 is 4.54. The molecule has 0 radical (unpaired) electrons. The molecule has 3 aromatic rings. The minimum absolute atomic E-state index is 0.429. The molecule has 0 spiro atoms. The maximum absolute atomic E-state index is 11.1.